The molecule has 0 spiro atoms. The van der Waals surface area contributed by atoms with Crippen molar-refractivity contribution in [2.45, 2.75) is 26.7 Å². The summed E-state index contributed by atoms with van der Waals surface area (Å²) in [5, 5.41) is 8.40. The number of carbonyl (C=O) groups is 1. The van der Waals surface area contributed by atoms with Crippen molar-refractivity contribution >= 4 is 5.97 Å². The van der Waals surface area contributed by atoms with E-state index in [4.69, 9.17) is 9.84 Å². The number of esters is 1. The number of aliphatic hydroxyl groups excluding tert-OH is 1. The van der Waals surface area contributed by atoms with Crippen LogP contribution in [0.2, 0.25) is 0 Å². The maximum Gasteiger partial charge on any atom is 0.333 e. The van der Waals surface area contributed by atoms with Gasteiger partial charge in [-0.1, -0.05) is 19.9 Å². The second kappa shape index (κ2) is 6.85. The van der Waals surface area contributed by atoms with E-state index in [0.29, 0.717) is 12.0 Å². The molecule has 0 aromatic rings. The highest BCUT2D eigenvalue weighted by Gasteiger charge is 2.06. The Kier molecular flexibility index (Phi) is 6.38. The second-order valence-electron chi connectivity index (χ2n) is 2.35. The molecule has 0 saturated heterocycles. The van der Waals surface area contributed by atoms with Crippen LogP contribution in [0.1, 0.15) is 26.7 Å². The van der Waals surface area contributed by atoms with E-state index in [2.05, 4.69) is 0 Å². The van der Waals surface area contributed by atoms with E-state index in [0.717, 1.165) is 6.42 Å². The molecule has 0 aliphatic heterocycles. The molecule has 0 bridgehead atoms. The van der Waals surface area contributed by atoms with Gasteiger partial charge in [0, 0.05) is 5.57 Å². The summed E-state index contributed by atoms with van der Waals surface area (Å²) in [4.78, 5) is 11.1. The molecule has 0 aromatic carbocycles. The summed E-state index contributed by atoms with van der Waals surface area (Å²) in [7, 11) is 0. The Morgan fingerprint density at radius 3 is 2.58 bits per heavy atom. The summed E-state index contributed by atoms with van der Waals surface area (Å²) in [5.74, 6) is -0.312. The predicted octanol–water partition coefficient (Wildman–Crippen LogP) is 1.27. The average molecular weight is 172 g/mol. The first-order valence-corrected chi connectivity index (χ1v) is 4.23. The van der Waals surface area contributed by atoms with Gasteiger partial charge in [0.05, 0.1) is 6.61 Å². The summed E-state index contributed by atoms with van der Waals surface area (Å²) in [6.45, 7) is 3.84. The SMILES string of the molecule is CCC=C(CC)C(=O)OCCO. The van der Waals surface area contributed by atoms with Crippen LogP contribution in [0.15, 0.2) is 11.6 Å². The molecule has 0 aromatic heterocycles. The quantitative estimate of drug-likeness (QED) is 0.501. The van der Waals surface area contributed by atoms with Gasteiger partial charge in [-0.25, -0.2) is 4.79 Å². The van der Waals surface area contributed by atoms with Crippen molar-refractivity contribution in [1.29, 1.82) is 0 Å². The molecule has 0 heterocycles. The number of ether oxygens (including phenoxy) is 1. The second-order valence-corrected chi connectivity index (χ2v) is 2.35. The summed E-state index contributed by atoms with van der Waals surface area (Å²) in [6.07, 6.45) is 3.36. The minimum atomic E-state index is -0.312. The number of hydrogen-bond acceptors (Lipinski definition) is 3. The zero-order valence-electron chi connectivity index (χ0n) is 7.67. The van der Waals surface area contributed by atoms with Crippen LogP contribution in [0.3, 0.4) is 0 Å². The molecule has 1 N–H and O–H groups in total. The number of aliphatic hydroxyl groups is 1. The predicted molar refractivity (Wildman–Crippen MR) is 46.7 cm³/mol. The lowest BCUT2D eigenvalue weighted by Gasteiger charge is -2.03. The van der Waals surface area contributed by atoms with Gasteiger partial charge in [-0.05, 0) is 12.8 Å². The Balaban J connectivity index is 3.95. The normalized spacial score (nSPS) is 11.4. The van der Waals surface area contributed by atoms with Gasteiger partial charge < -0.3 is 9.84 Å². The molecule has 0 amide bonds. The fourth-order valence-corrected chi connectivity index (χ4v) is 0.849. The van der Waals surface area contributed by atoms with Crippen LogP contribution >= 0.6 is 0 Å². The third-order valence-electron chi connectivity index (χ3n) is 1.42. The number of rotatable bonds is 5. The molecule has 3 heteroatoms. The van der Waals surface area contributed by atoms with Gasteiger partial charge in [-0.2, -0.15) is 0 Å². The average Bonchev–Trinajstić information content (AvgIpc) is 2.10. The number of allylic oxidation sites excluding steroid dienone is 1. The van der Waals surface area contributed by atoms with Crippen molar-refractivity contribution in [3.05, 3.63) is 11.6 Å². The maximum absolute atomic E-state index is 11.1. The van der Waals surface area contributed by atoms with Crippen LogP contribution in [0.25, 0.3) is 0 Å². The van der Waals surface area contributed by atoms with Crippen molar-refractivity contribution in [2.24, 2.45) is 0 Å². The molecule has 0 fully saturated rings. The fourth-order valence-electron chi connectivity index (χ4n) is 0.849. The van der Waals surface area contributed by atoms with E-state index in [9.17, 15) is 4.79 Å². The Morgan fingerprint density at radius 1 is 1.50 bits per heavy atom. The van der Waals surface area contributed by atoms with Crippen LogP contribution in [0, 0.1) is 0 Å². The summed E-state index contributed by atoms with van der Waals surface area (Å²) in [6, 6.07) is 0. The van der Waals surface area contributed by atoms with E-state index < -0.39 is 0 Å². The third-order valence-corrected chi connectivity index (χ3v) is 1.42. The first-order valence-electron chi connectivity index (χ1n) is 4.23. The monoisotopic (exact) mass is 172 g/mol. The van der Waals surface area contributed by atoms with Crippen LogP contribution in [0.5, 0.6) is 0 Å². The molecular weight excluding hydrogens is 156 g/mol. The third kappa shape index (κ3) is 4.13. The van der Waals surface area contributed by atoms with Crippen LogP contribution in [0.4, 0.5) is 0 Å². The first-order chi connectivity index (χ1) is 5.76. The van der Waals surface area contributed by atoms with Crippen molar-refractivity contribution < 1.29 is 14.6 Å². The zero-order valence-corrected chi connectivity index (χ0v) is 7.67. The van der Waals surface area contributed by atoms with Gasteiger partial charge in [0.2, 0.25) is 0 Å². The molecule has 0 aliphatic rings. The lowest BCUT2D eigenvalue weighted by Crippen LogP contribution is -2.10. The van der Waals surface area contributed by atoms with Gasteiger partial charge in [-0.3, -0.25) is 0 Å². The fraction of sp³-hybridized carbons (Fsp3) is 0.667. The minimum Gasteiger partial charge on any atom is -0.460 e. The van der Waals surface area contributed by atoms with Crippen LogP contribution < -0.4 is 0 Å². The smallest absolute Gasteiger partial charge is 0.333 e. The van der Waals surface area contributed by atoms with E-state index in [1.807, 2.05) is 19.9 Å². The number of carbonyl (C=O) groups excluding carboxylic acids is 1. The standard InChI is InChI=1S/C9H16O3/c1-3-5-8(4-2)9(11)12-7-6-10/h5,10H,3-4,6-7H2,1-2H3. The lowest BCUT2D eigenvalue weighted by molar-refractivity contribution is -0.140. The first kappa shape index (κ1) is 11.2. The molecule has 70 valence electrons. The van der Waals surface area contributed by atoms with E-state index in [1.165, 1.54) is 0 Å². The summed E-state index contributed by atoms with van der Waals surface area (Å²) in [5.41, 5.74) is 0.686. The van der Waals surface area contributed by atoms with Crippen LogP contribution in [-0.4, -0.2) is 24.3 Å². The molecule has 3 nitrogen and oxygen atoms in total. The number of hydrogen-bond donors (Lipinski definition) is 1. The van der Waals surface area contributed by atoms with Crippen molar-refractivity contribution in [2.75, 3.05) is 13.2 Å². The van der Waals surface area contributed by atoms with Gasteiger partial charge >= 0.3 is 5.97 Å². The van der Waals surface area contributed by atoms with Crippen molar-refractivity contribution in [3.8, 4) is 0 Å². The molecule has 0 rings (SSSR count). The molecule has 0 saturated carbocycles. The molecule has 0 unspecified atom stereocenters. The van der Waals surface area contributed by atoms with E-state index in [1.54, 1.807) is 0 Å². The highest BCUT2D eigenvalue weighted by molar-refractivity contribution is 5.88. The maximum atomic E-state index is 11.1. The molecule has 0 aliphatic carbocycles. The highest BCUT2D eigenvalue weighted by atomic mass is 16.5. The Bertz CT molecular complexity index is 161. The van der Waals surface area contributed by atoms with E-state index >= 15 is 0 Å². The molecule has 12 heavy (non-hydrogen) atoms. The molecular formula is C9H16O3. The summed E-state index contributed by atoms with van der Waals surface area (Å²) >= 11 is 0. The Morgan fingerprint density at radius 2 is 2.17 bits per heavy atom. The largest absolute Gasteiger partial charge is 0.460 e. The lowest BCUT2D eigenvalue weighted by atomic mass is 10.2. The van der Waals surface area contributed by atoms with Gasteiger partial charge in [0.25, 0.3) is 0 Å². The van der Waals surface area contributed by atoms with Crippen molar-refractivity contribution in [1.82, 2.24) is 0 Å². The van der Waals surface area contributed by atoms with Crippen molar-refractivity contribution in [3.63, 3.8) is 0 Å². The Labute approximate surface area is 73.0 Å². The molecule has 0 radical (unpaired) electrons. The van der Waals surface area contributed by atoms with Gasteiger partial charge in [0.1, 0.15) is 6.61 Å². The van der Waals surface area contributed by atoms with Gasteiger partial charge in [0.15, 0.2) is 0 Å². The van der Waals surface area contributed by atoms with E-state index in [-0.39, 0.29) is 19.2 Å². The molecule has 0 atom stereocenters. The topological polar surface area (TPSA) is 46.5 Å². The van der Waals surface area contributed by atoms with Crippen LogP contribution in [-0.2, 0) is 9.53 Å². The highest BCUT2D eigenvalue weighted by Crippen LogP contribution is 2.04. The minimum absolute atomic E-state index is 0.0832. The van der Waals surface area contributed by atoms with Gasteiger partial charge in [-0.15, -0.1) is 0 Å². The Hall–Kier alpha value is -0.830. The zero-order chi connectivity index (χ0) is 9.40. The summed E-state index contributed by atoms with van der Waals surface area (Å²) < 4.78 is 4.74.